The lowest BCUT2D eigenvalue weighted by atomic mass is 10.1. The van der Waals surface area contributed by atoms with Crippen LogP contribution in [0.5, 0.6) is 0 Å². The van der Waals surface area contributed by atoms with E-state index in [1.165, 1.54) is 6.42 Å². The van der Waals surface area contributed by atoms with E-state index >= 15 is 0 Å². The molecule has 0 unspecified atom stereocenters. The van der Waals surface area contributed by atoms with Gasteiger partial charge in [-0.05, 0) is 20.4 Å². The fourth-order valence-electron chi connectivity index (χ4n) is 3.29. The summed E-state index contributed by atoms with van der Waals surface area (Å²) >= 11 is 6.38. The van der Waals surface area contributed by atoms with Crippen LogP contribution in [0.4, 0.5) is 19.0 Å². The highest BCUT2D eigenvalue weighted by molar-refractivity contribution is 6.30. The Labute approximate surface area is 171 Å². The standard InChI is InChI=1S/C17H22ClN7.CHF3/c1-11-15(12(6-19)7-20-13-9-23(2)10-13)22-17(24-4-3-5-24)16-21-8-14(18)25(11)16;2-1(3)4/h6-8,13H,3-5,9-10,19H2,1-2H3;1H/b12-6+,20-7?;. The number of nitrogens with zero attached hydrogens (tertiary/aromatic N) is 6. The van der Waals surface area contributed by atoms with E-state index < -0.39 is 6.68 Å². The van der Waals surface area contributed by atoms with Gasteiger partial charge in [0.15, 0.2) is 11.5 Å². The number of aliphatic imine (C=N–C) groups is 1. The summed E-state index contributed by atoms with van der Waals surface area (Å²) in [5, 5.41) is 0.576. The molecule has 0 radical (unpaired) electrons. The Kier molecular flexibility index (Phi) is 6.63. The van der Waals surface area contributed by atoms with Crippen molar-refractivity contribution in [3.05, 3.63) is 28.9 Å². The van der Waals surface area contributed by atoms with E-state index in [0.717, 1.165) is 54.6 Å². The summed E-state index contributed by atoms with van der Waals surface area (Å²) in [6.07, 6.45) is 6.24. The fourth-order valence-corrected chi connectivity index (χ4v) is 3.55. The first kappa shape index (κ1) is 21.4. The number of alkyl halides is 3. The number of allylic oxidation sites excluding steroid dienone is 1. The van der Waals surface area contributed by atoms with E-state index in [1.807, 2.05) is 17.5 Å². The van der Waals surface area contributed by atoms with Gasteiger partial charge in [0.05, 0.1) is 17.9 Å². The Hall–Kier alpha value is -2.33. The summed E-state index contributed by atoms with van der Waals surface area (Å²) in [6.45, 7) is 2.25. The van der Waals surface area contributed by atoms with Gasteiger partial charge in [0.1, 0.15) is 5.15 Å². The van der Waals surface area contributed by atoms with Gasteiger partial charge >= 0.3 is 6.68 Å². The quantitative estimate of drug-likeness (QED) is 0.756. The van der Waals surface area contributed by atoms with Crippen LogP contribution < -0.4 is 10.6 Å². The van der Waals surface area contributed by atoms with Gasteiger partial charge in [0.2, 0.25) is 0 Å². The summed E-state index contributed by atoms with van der Waals surface area (Å²) < 4.78 is 30.9. The molecule has 0 spiro atoms. The molecule has 2 aliphatic heterocycles. The van der Waals surface area contributed by atoms with Crippen LogP contribution >= 0.6 is 11.6 Å². The van der Waals surface area contributed by atoms with E-state index in [0.29, 0.717) is 11.2 Å². The Morgan fingerprint density at radius 2 is 2.00 bits per heavy atom. The molecule has 0 saturated carbocycles. The highest BCUT2D eigenvalue weighted by atomic mass is 35.5. The minimum atomic E-state index is -3.67. The number of imidazole rings is 1. The Bertz CT molecular complexity index is 915. The molecule has 2 aliphatic rings. The molecule has 2 aromatic rings. The first-order valence-corrected chi connectivity index (χ1v) is 9.54. The number of hydrogen-bond donors (Lipinski definition) is 1. The molecule has 0 bridgehead atoms. The molecule has 0 aliphatic carbocycles. The van der Waals surface area contributed by atoms with Gasteiger partial charge in [-0.25, -0.2) is 9.97 Å². The zero-order valence-corrected chi connectivity index (χ0v) is 17.0. The second kappa shape index (κ2) is 9.00. The molecule has 2 aromatic heterocycles. The summed E-state index contributed by atoms with van der Waals surface area (Å²) in [7, 11) is 2.09. The largest absolute Gasteiger partial charge is 0.404 e. The van der Waals surface area contributed by atoms with Crippen LogP contribution in [-0.4, -0.2) is 71.4 Å². The molecule has 11 heteroatoms. The summed E-state index contributed by atoms with van der Waals surface area (Å²) in [5.74, 6) is 0.856. The highest BCUT2D eigenvalue weighted by Gasteiger charge is 2.25. The third-order valence-corrected chi connectivity index (χ3v) is 5.16. The van der Waals surface area contributed by atoms with Crippen molar-refractivity contribution in [2.75, 3.05) is 38.1 Å². The first-order valence-electron chi connectivity index (χ1n) is 9.16. The maximum atomic E-state index is 9.67. The summed E-state index contributed by atoms with van der Waals surface area (Å²) in [4.78, 5) is 18.4. The average Bonchev–Trinajstić information content (AvgIpc) is 2.97. The van der Waals surface area contributed by atoms with Crippen molar-refractivity contribution < 1.29 is 13.2 Å². The van der Waals surface area contributed by atoms with Crippen LogP contribution in [0.2, 0.25) is 5.15 Å². The lowest BCUT2D eigenvalue weighted by Gasteiger charge is -2.33. The zero-order valence-electron chi connectivity index (χ0n) is 16.2. The van der Waals surface area contributed by atoms with E-state index in [2.05, 4.69) is 26.8 Å². The molecule has 4 heterocycles. The number of aromatic nitrogens is 3. The van der Waals surface area contributed by atoms with E-state index in [9.17, 15) is 13.2 Å². The predicted octanol–water partition coefficient (Wildman–Crippen LogP) is 2.76. The van der Waals surface area contributed by atoms with Crippen molar-refractivity contribution in [2.45, 2.75) is 26.1 Å². The SMILES string of the molecule is Cc1c(/C(C=NC2CN(C)C2)=C/N)nc(N2CCC2)c2ncc(Cl)n12.FC(F)F. The molecule has 7 nitrogen and oxygen atoms in total. The average molecular weight is 430 g/mol. The second-order valence-electron chi connectivity index (χ2n) is 6.97. The lowest BCUT2D eigenvalue weighted by Crippen LogP contribution is -2.46. The smallest absolute Gasteiger partial charge is 0.379 e. The van der Waals surface area contributed by atoms with Gasteiger partial charge in [0.25, 0.3) is 0 Å². The van der Waals surface area contributed by atoms with Crippen molar-refractivity contribution >= 4 is 34.9 Å². The minimum Gasteiger partial charge on any atom is -0.404 e. The Balaban J connectivity index is 0.000000552. The molecule has 4 rings (SSSR count). The van der Waals surface area contributed by atoms with Crippen LogP contribution in [0.25, 0.3) is 11.2 Å². The summed E-state index contributed by atoms with van der Waals surface area (Å²) in [5.41, 5.74) is 9.21. The van der Waals surface area contributed by atoms with Gasteiger partial charge in [-0.2, -0.15) is 13.2 Å². The molecule has 2 saturated heterocycles. The van der Waals surface area contributed by atoms with Crippen molar-refractivity contribution in [1.29, 1.82) is 0 Å². The number of rotatable bonds is 4. The number of aryl methyl sites for hydroxylation is 1. The number of anilines is 1. The van der Waals surface area contributed by atoms with Crippen LogP contribution in [0.1, 0.15) is 17.8 Å². The van der Waals surface area contributed by atoms with Crippen molar-refractivity contribution in [1.82, 2.24) is 19.3 Å². The predicted molar refractivity (Wildman–Crippen MR) is 109 cm³/mol. The molecular weight excluding hydrogens is 407 g/mol. The molecular formula is C18H23ClF3N7. The third kappa shape index (κ3) is 4.64. The molecule has 158 valence electrons. The van der Waals surface area contributed by atoms with Gasteiger partial charge in [-0.1, -0.05) is 11.6 Å². The summed E-state index contributed by atoms with van der Waals surface area (Å²) in [6, 6.07) is 0.329. The van der Waals surface area contributed by atoms with Crippen molar-refractivity contribution in [2.24, 2.45) is 10.7 Å². The van der Waals surface area contributed by atoms with E-state index in [-0.39, 0.29) is 0 Å². The van der Waals surface area contributed by atoms with Crippen LogP contribution in [0, 0.1) is 6.92 Å². The van der Waals surface area contributed by atoms with Gasteiger partial charge < -0.3 is 15.5 Å². The minimum absolute atomic E-state index is 0.329. The maximum absolute atomic E-state index is 9.67. The van der Waals surface area contributed by atoms with E-state index in [1.54, 1.807) is 12.4 Å². The third-order valence-electron chi connectivity index (χ3n) is 4.89. The number of likely N-dealkylation sites (N-methyl/N-ethyl adjacent to an activating group) is 1. The topological polar surface area (TPSA) is 75.0 Å². The Morgan fingerprint density at radius 1 is 1.34 bits per heavy atom. The molecule has 0 atom stereocenters. The van der Waals surface area contributed by atoms with E-state index in [4.69, 9.17) is 22.3 Å². The molecule has 2 N–H and O–H groups in total. The molecule has 0 aromatic carbocycles. The molecule has 29 heavy (non-hydrogen) atoms. The van der Waals surface area contributed by atoms with Crippen LogP contribution in [0.15, 0.2) is 17.4 Å². The molecule has 2 fully saturated rings. The van der Waals surface area contributed by atoms with Crippen molar-refractivity contribution in [3.8, 4) is 0 Å². The van der Waals surface area contributed by atoms with Gasteiger partial charge in [-0.3, -0.25) is 9.39 Å². The maximum Gasteiger partial charge on any atom is 0.379 e. The number of fused-ring (bicyclic) bond motifs is 1. The number of hydrogen-bond acceptors (Lipinski definition) is 6. The monoisotopic (exact) mass is 429 g/mol. The number of nitrogens with two attached hydrogens (primary N) is 1. The van der Waals surface area contributed by atoms with Gasteiger partial charge in [0, 0.05) is 49.9 Å². The number of likely N-dealkylation sites (tertiary alicyclic amines) is 1. The van der Waals surface area contributed by atoms with Crippen LogP contribution in [0.3, 0.4) is 0 Å². The second-order valence-corrected chi connectivity index (χ2v) is 7.36. The van der Waals surface area contributed by atoms with Crippen LogP contribution in [-0.2, 0) is 0 Å². The fraction of sp³-hybridized carbons (Fsp3) is 0.500. The lowest BCUT2D eigenvalue weighted by molar-refractivity contribution is 0.00819. The first-order chi connectivity index (χ1) is 13.8. The normalized spacial score (nSPS) is 18.2. The highest BCUT2D eigenvalue weighted by Crippen LogP contribution is 2.30. The Morgan fingerprint density at radius 3 is 2.52 bits per heavy atom. The number of halogens is 4. The molecule has 0 amide bonds. The zero-order chi connectivity index (χ0) is 21.1. The van der Waals surface area contributed by atoms with Gasteiger partial charge in [-0.15, -0.1) is 0 Å². The van der Waals surface area contributed by atoms with Crippen molar-refractivity contribution in [3.63, 3.8) is 0 Å².